The number of rotatable bonds is 11. The molecule has 5 aromatic heterocycles. The summed E-state index contributed by atoms with van der Waals surface area (Å²) in [6.45, 7) is 0. The second kappa shape index (κ2) is 18.6. The van der Waals surface area contributed by atoms with Crippen LogP contribution in [0.3, 0.4) is 0 Å². The number of benzene rings is 7. The third kappa shape index (κ3) is 8.29. The molecule has 0 aliphatic rings. The molecule has 0 spiro atoms. The van der Waals surface area contributed by atoms with E-state index in [0.717, 1.165) is 101 Å². The Hall–Kier alpha value is -9.59. The van der Waals surface area contributed by atoms with Crippen molar-refractivity contribution in [1.29, 1.82) is 0 Å². The number of hydrogen-bond donors (Lipinski definition) is 0. The maximum atomic E-state index is 4.99. The van der Waals surface area contributed by atoms with E-state index in [1.54, 1.807) is 0 Å². The number of nitrogens with zero attached hydrogens (tertiary/aromatic N) is 7. The molecular formula is C63H43N7. The van der Waals surface area contributed by atoms with Crippen LogP contribution in [-0.2, 0) is 0 Å². The highest BCUT2D eigenvalue weighted by molar-refractivity contribution is 5.94. The first-order valence-electron chi connectivity index (χ1n) is 23.3. The zero-order chi connectivity index (χ0) is 46.6. The molecule has 70 heavy (non-hydrogen) atoms. The molecule has 7 heteroatoms. The van der Waals surface area contributed by atoms with E-state index in [1.165, 1.54) is 11.1 Å². The van der Waals surface area contributed by atoms with Gasteiger partial charge in [-0.3, -0.25) is 15.0 Å². The van der Waals surface area contributed by atoms with Gasteiger partial charge in [-0.1, -0.05) is 146 Å². The molecule has 0 bridgehead atoms. The maximum absolute atomic E-state index is 4.99. The fraction of sp³-hybridized carbons (Fsp3) is 0. The van der Waals surface area contributed by atoms with Crippen molar-refractivity contribution in [3.63, 3.8) is 0 Å². The third-order valence-electron chi connectivity index (χ3n) is 12.8. The first-order chi connectivity index (χ1) is 34.7. The van der Waals surface area contributed by atoms with Gasteiger partial charge in [0, 0.05) is 46.4 Å². The minimum atomic E-state index is 0.913. The van der Waals surface area contributed by atoms with Crippen molar-refractivity contribution in [3.05, 3.63) is 262 Å². The smallest absolute Gasteiger partial charge is 0.0741 e. The van der Waals surface area contributed by atoms with Gasteiger partial charge >= 0.3 is 0 Å². The van der Waals surface area contributed by atoms with E-state index in [0.29, 0.717) is 0 Å². The number of pyridine rings is 3. The van der Waals surface area contributed by atoms with Crippen LogP contribution in [0.25, 0.3) is 112 Å². The van der Waals surface area contributed by atoms with Crippen molar-refractivity contribution in [2.24, 2.45) is 0 Å². The van der Waals surface area contributed by atoms with Crippen molar-refractivity contribution in [2.75, 3.05) is 0 Å². The lowest BCUT2D eigenvalue weighted by Gasteiger charge is -2.19. The zero-order valence-corrected chi connectivity index (χ0v) is 38.0. The molecule has 7 aromatic carbocycles. The Kier molecular flexibility index (Phi) is 11.1. The molecule has 0 N–H and O–H groups in total. The molecule has 12 aromatic rings. The highest BCUT2D eigenvalue weighted by atomic mass is 15.3. The second-order valence-electron chi connectivity index (χ2n) is 17.0. The lowest BCUT2D eigenvalue weighted by molar-refractivity contribution is 0.880. The van der Waals surface area contributed by atoms with E-state index in [4.69, 9.17) is 15.2 Å². The predicted octanol–water partition coefficient (Wildman–Crippen LogP) is 15.2. The molecule has 0 saturated heterocycles. The van der Waals surface area contributed by atoms with Crippen LogP contribution in [0.1, 0.15) is 0 Å². The summed E-state index contributed by atoms with van der Waals surface area (Å²) < 4.78 is 4.04. The van der Waals surface area contributed by atoms with Crippen LogP contribution in [0, 0.1) is 0 Å². The molecule has 0 atom stereocenters. The largest absolute Gasteiger partial charge is 0.256 e. The van der Waals surface area contributed by atoms with Gasteiger partial charge in [-0.2, -0.15) is 10.2 Å². The van der Waals surface area contributed by atoms with Gasteiger partial charge in [-0.05, 0) is 129 Å². The number of hydrogen-bond acceptors (Lipinski definition) is 5. The molecule has 0 amide bonds. The summed E-state index contributed by atoms with van der Waals surface area (Å²) in [4.78, 5) is 13.9. The fourth-order valence-electron chi connectivity index (χ4n) is 9.30. The molecule has 0 aliphatic heterocycles. The molecule has 7 nitrogen and oxygen atoms in total. The van der Waals surface area contributed by atoms with Crippen LogP contribution >= 0.6 is 0 Å². The van der Waals surface area contributed by atoms with Gasteiger partial charge in [0.05, 0.1) is 52.2 Å². The normalized spacial score (nSPS) is 11.1. The highest BCUT2D eigenvalue weighted by Gasteiger charge is 2.19. The van der Waals surface area contributed by atoms with Crippen molar-refractivity contribution in [2.45, 2.75) is 0 Å². The minimum absolute atomic E-state index is 0.913. The van der Waals surface area contributed by atoms with Gasteiger partial charge in [0.2, 0.25) is 0 Å². The van der Waals surface area contributed by atoms with Crippen LogP contribution in [0.4, 0.5) is 0 Å². The Morgan fingerprint density at radius 1 is 0.229 bits per heavy atom. The van der Waals surface area contributed by atoms with Gasteiger partial charge in [-0.25, -0.2) is 9.36 Å². The summed E-state index contributed by atoms with van der Waals surface area (Å²) in [5, 5.41) is 9.89. The summed E-state index contributed by atoms with van der Waals surface area (Å²) in [6.07, 6.45) is 9.23. The lowest BCUT2D eigenvalue weighted by Crippen LogP contribution is -2.03. The van der Waals surface area contributed by atoms with E-state index < -0.39 is 0 Å². The summed E-state index contributed by atoms with van der Waals surface area (Å²) in [5.41, 5.74) is 20.6. The van der Waals surface area contributed by atoms with Crippen LogP contribution in [0.15, 0.2) is 262 Å². The Labute approximate surface area is 406 Å². The summed E-state index contributed by atoms with van der Waals surface area (Å²) >= 11 is 0. The summed E-state index contributed by atoms with van der Waals surface area (Å²) in [5.74, 6) is 0. The monoisotopic (exact) mass is 897 g/mol. The molecule has 5 heterocycles. The van der Waals surface area contributed by atoms with E-state index in [1.807, 2.05) is 88.9 Å². The van der Waals surface area contributed by atoms with Crippen molar-refractivity contribution in [1.82, 2.24) is 34.5 Å². The van der Waals surface area contributed by atoms with E-state index >= 15 is 0 Å². The fourth-order valence-corrected chi connectivity index (χ4v) is 9.30. The molecule has 0 radical (unpaired) electrons. The Morgan fingerprint density at radius 2 is 0.686 bits per heavy atom. The van der Waals surface area contributed by atoms with Crippen molar-refractivity contribution in [3.8, 4) is 112 Å². The Bertz CT molecular complexity index is 3580. The summed E-state index contributed by atoms with van der Waals surface area (Å²) in [7, 11) is 0. The molecule has 12 rings (SSSR count). The van der Waals surface area contributed by atoms with Crippen molar-refractivity contribution >= 4 is 0 Å². The molecule has 0 fully saturated rings. The average molecular weight is 898 g/mol. The quantitative estimate of drug-likeness (QED) is 0.129. The summed E-state index contributed by atoms with van der Waals surface area (Å²) in [6, 6.07) is 80.7. The van der Waals surface area contributed by atoms with Crippen LogP contribution in [0.5, 0.6) is 0 Å². The molecule has 0 unspecified atom stereocenters. The third-order valence-corrected chi connectivity index (χ3v) is 12.8. The average Bonchev–Trinajstić information content (AvgIpc) is 4.16. The predicted molar refractivity (Wildman–Crippen MR) is 283 cm³/mol. The zero-order valence-electron chi connectivity index (χ0n) is 38.0. The van der Waals surface area contributed by atoms with Gasteiger partial charge in [0.1, 0.15) is 0 Å². The standard InChI is InChI=1S/C63H43N7/c1-2-12-44(13-3-1)45-19-21-46(22-20-45)58-43-50(61-18-8-11-37-66-61)29-32-57(58)56-15-5-4-14-55(56)51-40-52(63-34-39-67-69(63)53-30-27-48(28-31-53)60-17-7-10-36-65-60)42-54(41-51)70-62(33-38-68-70)49-25-23-47(24-26-49)59-16-6-9-35-64-59/h1-43H. The first-order valence-corrected chi connectivity index (χ1v) is 23.3. The van der Waals surface area contributed by atoms with Gasteiger partial charge < -0.3 is 0 Å². The lowest BCUT2D eigenvalue weighted by atomic mass is 9.87. The van der Waals surface area contributed by atoms with Crippen molar-refractivity contribution < 1.29 is 0 Å². The van der Waals surface area contributed by atoms with Crippen LogP contribution in [-0.4, -0.2) is 34.5 Å². The second-order valence-corrected chi connectivity index (χ2v) is 17.0. The molecule has 330 valence electrons. The van der Waals surface area contributed by atoms with Crippen LogP contribution in [0.2, 0.25) is 0 Å². The van der Waals surface area contributed by atoms with E-state index in [2.05, 4.69) is 192 Å². The van der Waals surface area contributed by atoms with E-state index in [9.17, 15) is 0 Å². The topological polar surface area (TPSA) is 74.3 Å². The number of aromatic nitrogens is 7. The Morgan fingerprint density at radius 3 is 1.31 bits per heavy atom. The first kappa shape index (κ1) is 41.8. The SMILES string of the molecule is c1ccc(-c2ccc(-c3cc(-c4ccccn4)ccc3-c3ccccc3-c3cc(-c4ccnn4-c4ccc(-c5ccccn5)cc4)cc(-n4nccc4-c4ccc(-c5ccccn5)cc4)c3)cc2)cc1. The van der Waals surface area contributed by atoms with E-state index in [-0.39, 0.29) is 0 Å². The maximum Gasteiger partial charge on any atom is 0.0741 e. The van der Waals surface area contributed by atoms with Gasteiger partial charge in [0.15, 0.2) is 0 Å². The molecule has 0 aliphatic carbocycles. The highest BCUT2D eigenvalue weighted by Crippen LogP contribution is 2.42. The minimum Gasteiger partial charge on any atom is -0.256 e. The Balaban J connectivity index is 1.01. The molecular weight excluding hydrogens is 855 g/mol. The van der Waals surface area contributed by atoms with Crippen LogP contribution < -0.4 is 0 Å². The molecule has 0 saturated carbocycles. The van der Waals surface area contributed by atoms with Gasteiger partial charge in [0.25, 0.3) is 0 Å². The van der Waals surface area contributed by atoms with Gasteiger partial charge in [-0.15, -0.1) is 0 Å².